The molecule has 1 aromatic heterocycles. The van der Waals surface area contributed by atoms with Crippen molar-refractivity contribution in [1.82, 2.24) is 19.8 Å². The third kappa shape index (κ3) is 6.93. The predicted octanol–water partition coefficient (Wildman–Crippen LogP) is 4.17. The summed E-state index contributed by atoms with van der Waals surface area (Å²) in [5.41, 5.74) is 2.52. The van der Waals surface area contributed by atoms with Gasteiger partial charge in [-0.15, -0.1) is 0 Å². The van der Waals surface area contributed by atoms with Crippen molar-refractivity contribution in [1.29, 1.82) is 0 Å². The number of nitrogens with zero attached hydrogens (tertiary/aromatic N) is 3. The molecule has 3 aromatic rings. The molecule has 0 saturated carbocycles. The molecule has 1 saturated heterocycles. The summed E-state index contributed by atoms with van der Waals surface area (Å²) in [5, 5.41) is 4.03. The van der Waals surface area contributed by atoms with E-state index in [1.54, 1.807) is 6.20 Å². The second-order valence-corrected chi connectivity index (χ2v) is 11.7. The molecule has 0 spiro atoms. The van der Waals surface area contributed by atoms with Crippen LogP contribution in [-0.4, -0.2) is 53.3 Å². The standard InChI is InChI=1S/C27H34N4O3S2/c1-21(2)29-26(35)30(19-25-14-9-15-34-25)18-24-16-28-27(31(24)17-22-10-5-3-6-11-22)36(32,33)20-23-12-7-4-8-13-23/h3-8,10-13,16,21,25H,9,14-15,17-20H2,1-2H3,(H,29,35). The Labute approximate surface area is 219 Å². The number of thiocarbonyl (C=S) groups is 1. The molecule has 192 valence electrons. The number of benzene rings is 2. The summed E-state index contributed by atoms with van der Waals surface area (Å²) in [7, 11) is -3.68. The number of rotatable bonds is 10. The fourth-order valence-corrected chi connectivity index (χ4v) is 6.21. The molecule has 7 nitrogen and oxygen atoms in total. The minimum absolute atomic E-state index is 0.0741. The van der Waals surface area contributed by atoms with Crippen LogP contribution in [0.25, 0.3) is 0 Å². The van der Waals surface area contributed by atoms with E-state index in [9.17, 15) is 8.42 Å². The van der Waals surface area contributed by atoms with Crippen molar-refractivity contribution in [3.63, 3.8) is 0 Å². The SMILES string of the molecule is CC(C)NC(=S)N(Cc1cnc(S(=O)(=O)Cc2ccccc2)n1Cc1ccccc1)CC1CCCO1. The van der Waals surface area contributed by atoms with E-state index in [2.05, 4.69) is 15.2 Å². The molecule has 9 heteroatoms. The first-order valence-corrected chi connectivity index (χ1v) is 14.4. The van der Waals surface area contributed by atoms with Crippen LogP contribution in [0.1, 0.15) is 43.5 Å². The Balaban J connectivity index is 1.67. The van der Waals surface area contributed by atoms with E-state index in [1.165, 1.54) is 0 Å². The molecule has 4 rings (SSSR count). The molecule has 0 amide bonds. The lowest BCUT2D eigenvalue weighted by atomic mass is 10.2. The van der Waals surface area contributed by atoms with Crippen LogP contribution in [0, 0.1) is 0 Å². The summed E-state index contributed by atoms with van der Waals surface area (Å²) in [6.45, 7) is 6.32. The molecule has 1 aliphatic heterocycles. The number of nitrogens with one attached hydrogen (secondary N) is 1. The monoisotopic (exact) mass is 526 g/mol. The maximum Gasteiger partial charge on any atom is 0.228 e. The smallest absolute Gasteiger partial charge is 0.228 e. The molecule has 2 heterocycles. The summed E-state index contributed by atoms with van der Waals surface area (Å²) >= 11 is 5.74. The van der Waals surface area contributed by atoms with Crippen molar-refractivity contribution in [3.8, 4) is 0 Å². The zero-order chi connectivity index (χ0) is 25.5. The molecule has 36 heavy (non-hydrogen) atoms. The maximum atomic E-state index is 13.5. The molecule has 0 aliphatic carbocycles. The first-order valence-electron chi connectivity index (χ1n) is 12.3. The summed E-state index contributed by atoms with van der Waals surface area (Å²) < 4.78 is 34.7. The van der Waals surface area contributed by atoms with Crippen molar-refractivity contribution in [2.24, 2.45) is 0 Å². The van der Waals surface area contributed by atoms with Gasteiger partial charge in [-0.05, 0) is 50.0 Å². The molecule has 1 unspecified atom stereocenters. The topological polar surface area (TPSA) is 76.5 Å². The Bertz CT molecular complexity index is 1240. The third-order valence-corrected chi connectivity index (χ3v) is 8.03. The summed E-state index contributed by atoms with van der Waals surface area (Å²) in [6.07, 6.45) is 3.79. The number of imidazole rings is 1. The minimum atomic E-state index is -3.68. The lowest BCUT2D eigenvalue weighted by molar-refractivity contribution is 0.0891. The van der Waals surface area contributed by atoms with Gasteiger partial charge in [-0.2, -0.15) is 0 Å². The van der Waals surface area contributed by atoms with Gasteiger partial charge >= 0.3 is 0 Å². The maximum absolute atomic E-state index is 13.5. The van der Waals surface area contributed by atoms with E-state index in [0.717, 1.165) is 36.3 Å². The largest absolute Gasteiger partial charge is 0.376 e. The molecule has 1 N–H and O–H groups in total. The van der Waals surface area contributed by atoms with Gasteiger partial charge in [-0.1, -0.05) is 60.7 Å². The van der Waals surface area contributed by atoms with Crippen LogP contribution in [0.15, 0.2) is 72.0 Å². The molecule has 1 fully saturated rings. The molecular formula is C27H34N4O3S2. The highest BCUT2D eigenvalue weighted by Gasteiger charge is 2.27. The molecule has 0 radical (unpaired) electrons. The van der Waals surface area contributed by atoms with Crippen molar-refractivity contribution >= 4 is 27.2 Å². The molecule has 2 aromatic carbocycles. The second-order valence-electron chi connectivity index (χ2n) is 9.47. The van der Waals surface area contributed by atoms with Crippen LogP contribution in [0.3, 0.4) is 0 Å². The van der Waals surface area contributed by atoms with Gasteiger partial charge < -0.3 is 19.5 Å². The van der Waals surface area contributed by atoms with Crippen LogP contribution < -0.4 is 5.32 Å². The van der Waals surface area contributed by atoms with Gasteiger partial charge in [0.05, 0.1) is 36.8 Å². The number of aromatic nitrogens is 2. The van der Waals surface area contributed by atoms with E-state index in [0.29, 0.717) is 24.7 Å². The van der Waals surface area contributed by atoms with Gasteiger partial charge in [0, 0.05) is 19.2 Å². The molecule has 1 aliphatic rings. The lowest BCUT2D eigenvalue weighted by Crippen LogP contribution is -2.45. The summed E-state index contributed by atoms with van der Waals surface area (Å²) in [5.74, 6) is -0.105. The zero-order valence-electron chi connectivity index (χ0n) is 20.8. The Morgan fingerprint density at radius 3 is 2.42 bits per heavy atom. The van der Waals surface area contributed by atoms with Gasteiger partial charge in [0.1, 0.15) is 0 Å². The van der Waals surface area contributed by atoms with Gasteiger partial charge in [-0.25, -0.2) is 13.4 Å². The quantitative estimate of drug-likeness (QED) is 0.398. The Morgan fingerprint density at radius 2 is 1.81 bits per heavy atom. The van der Waals surface area contributed by atoms with Crippen molar-refractivity contribution in [2.75, 3.05) is 13.2 Å². The highest BCUT2D eigenvalue weighted by Crippen LogP contribution is 2.22. The van der Waals surface area contributed by atoms with Gasteiger partial charge in [0.15, 0.2) is 5.11 Å². The van der Waals surface area contributed by atoms with E-state index < -0.39 is 9.84 Å². The third-order valence-electron chi connectivity index (χ3n) is 6.06. The van der Waals surface area contributed by atoms with E-state index >= 15 is 0 Å². The van der Waals surface area contributed by atoms with E-state index in [4.69, 9.17) is 17.0 Å². The van der Waals surface area contributed by atoms with Crippen LogP contribution in [0.4, 0.5) is 0 Å². The van der Waals surface area contributed by atoms with Gasteiger partial charge in [-0.3, -0.25) is 0 Å². The fraction of sp³-hybridized carbons (Fsp3) is 0.407. The predicted molar refractivity (Wildman–Crippen MR) is 145 cm³/mol. The Morgan fingerprint density at radius 1 is 1.14 bits per heavy atom. The fourth-order valence-electron chi connectivity index (χ4n) is 4.35. The number of hydrogen-bond donors (Lipinski definition) is 1. The average Bonchev–Trinajstić information content (AvgIpc) is 3.50. The normalized spacial score (nSPS) is 15.8. The van der Waals surface area contributed by atoms with Crippen molar-refractivity contribution < 1.29 is 13.2 Å². The van der Waals surface area contributed by atoms with Crippen LogP contribution in [0.5, 0.6) is 0 Å². The highest BCUT2D eigenvalue weighted by molar-refractivity contribution is 7.90. The highest BCUT2D eigenvalue weighted by atomic mass is 32.2. The molecular weight excluding hydrogens is 492 g/mol. The van der Waals surface area contributed by atoms with Crippen LogP contribution >= 0.6 is 12.2 Å². The van der Waals surface area contributed by atoms with Crippen molar-refractivity contribution in [2.45, 2.75) is 62.8 Å². The lowest BCUT2D eigenvalue weighted by Gasteiger charge is -2.29. The first-order chi connectivity index (χ1) is 17.3. The first kappa shape index (κ1) is 26.3. The van der Waals surface area contributed by atoms with Crippen LogP contribution in [0.2, 0.25) is 0 Å². The van der Waals surface area contributed by atoms with E-state index in [1.807, 2.05) is 79.1 Å². The van der Waals surface area contributed by atoms with Crippen LogP contribution in [-0.2, 0) is 33.4 Å². The van der Waals surface area contributed by atoms with Crippen molar-refractivity contribution in [3.05, 3.63) is 83.7 Å². The number of ether oxygens (including phenoxy) is 1. The number of sulfone groups is 1. The second kappa shape index (κ2) is 12.0. The summed E-state index contributed by atoms with van der Waals surface area (Å²) in [6, 6.07) is 19.2. The summed E-state index contributed by atoms with van der Waals surface area (Å²) in [4.78, 5) is 6.51. The Kier molecular flexibility index (Phi) is 8.77. The zero-order valence-corrected chi connectivity index (χ0v) is 22.5. The Hall–Kier alpha value is -2.75. The average molecular weight is 527 g/mol. The molecule has 1 atom stereocenters. The molecule has 0 bridgehead atoms. The van der Waals surface area contributed by atoms with E-state index in [-0.39, 0.29) is 23.1 Å². The number of hydrogen-bond acceptors (Lipinski definition) is 5. The van der Waals surface area contributed by atoms with Gasteiger partial charge in [0.2, 0.25) is 15.0 Å². The minimum Gasteiger partial charge on any atom is -0.376 e. The van der Waals surface area contributed by atoms with Gasteiger partial charge in [0.25, 0.3) is 0 Å².